The van der Waals surface area contributed by atoms with Crippen LogP contribution in [0.3, 0.4) is 0 Å². The number of amides is 1. The molecule has 4 heteroatoms. The van der Waals surface area contributed by atoms with Crippen molar-refractivity contribution in [2.75, 3.05) is 6.54 Å². The first kappa shape index (κ1) is 16.3. The van der Waals surface area contributed by atoms with Crippen LogP contribution in [0, 0.1) is 0 Å². The molecule has 1 amide bonds. The van der Waals surface area contributed by atoms with Gasteiger partial charge in [-0.2, -0.15) is 0 Å². The topological polar surface area (TPSA) is 62.5 Å². The fourth-order valence-corrected chi connectivity index (χ4v) is 2.23. The summed E-state index contributed by atoms with van der Waals surface area (Å²) in [7, 11) is 0. The van der Waals surface area contributed by atoms with Crippen LogP contribution in [0.25, 0.3) is 0 Å². The van der Waals surface area contributed by atoms with Crippen molar-refractivity contribution in [3.8, 4) is 0 Å². The Morgan fingerprint density at radius 1 is 1.23 bits per heavy atom. The van der Waals surface area contributed by atoms with Crippen LogP contribution >= 0.6 is 0 Å². The van der Waals surface area contributed by atoms with Crippen LogP contribution in [-0.2, 0) is 23.2 Å². The Morgan fingerprint density at radius 2 is 1.91 bits per heavy atom. The van der Waals surface area contributed by atoms with Crippen LogP contribution in [0.2, 0.25) is 0 Å². The number of rotatable bonds is 7. The molecule has 118 valence electrons. The number of furan rings is 1. The highest BCUT2D eigenvalue weighted by Gasteiger charge is 2.26. The first-order chi connectivity index (χ1) is 10.5. The van der Waals surface area contributed by atoms with Crippen LogP contribution in [0.5, 0.6) is 0 Å². The highest BCUT2D eigenvalue weighted by molar-refractivity contribution is 5.76. The summed E-state index contributed by atoms with van der Waals surface area (Å²) < 4.78 is 5.18. The first-order valence-electron chi connectivity index (χ1n) is 7.62. The normalized spacial score (nSPS) is 13.6. The van der Waals surface area contributed by atoms with Gasteiger partial charge in [0.15, 0.2) is 0 Å². The van der Waals surface area contributed by atoms with Gasteiger partial charge in [0, 0.05) is 6.42 Å². The minimum Gasteiger partial charge on any atom is -0.466 e. The molecule has 0 aliphatic heterocycles. The summed E-state index contributed by atoms with van der Waals surface area (Å²) >= 11 is 0. The van der Waals surface area contributed by atoms with E-state index in [4.69, 9.17) is 4.42 Å². The van der Waals surface area contributed by atoms with E-state index in [9.17, 15) is 9.90 Å². The molecule has 0 saturated heterocycles. The van der Waals surface area contributed by atoms with Gasteiger partial charge in [-0.25, -0.2) is 0 Å². The SMILES string of the molecule is CCc1ccc(CCC(=O)NCC(C)(O)c2ccco2)cc1. The highest BCUT2D eigenvalue weighted by atomic mass is 16.4. The molecule has 0 aliphatic rings. The maximum Gasteiger partial charge on any atom is 0.220 e. The predicted octanol–water partition coefficient (Wildman–Crippen LogP) is 2.80. The molecule has 0 radical (unpaired) electrons. The van der Waals surface area contributed by atoms with Gasteiger partial charge in [0.05, 0.1) is 12.8 Å². The fraction of sp³-hybridized carbons (Fsp3) is 0.389. The number of hydrogen-bond donors (Lipinski definition) is 2. The standard InChI is InChI=1S/C18H23NO3/c1-3-14-6-8-15(9-7-14)10-11-17(20)19-13-18(2,21)16-5-4-12-22-16/h4-9,12,21H,3,10-11,13H2,1-2H3,(H,19,20). The molecule has 4 nitrogen and oxygen atoms in total. The van der Waals surface area contributed by atoms with E-state index in [2.05, 4.69) is 36.5 Å². The summed E-state index contributed by atoms with van der Waals surface area (Å²) in [6.07, 6.45) is 3.62. The van der Waals surface area contributed by atoms with Crippen molar-refractivity contribution >= 4 is 5.91 Å². The third kappa shape index (κ3) is 4.46. The quantitative estimate of drug-likeness (QED) is 0.826. The highest BCUT2D eigenvalue weighted by Crippen LogP contribution is 2.19. The molecule has 2 N–H and O–H groups in total. The Labute approximate surface area is 131 Å². The van der Waals surface area contributed by atoms with Crippen LogP contribution in [-0.4, -0.2) is 17.6 Å². The monoisotopic (exact) mass is 301 g/mol. The third-order valence-electron chi connectivity index (χ3n) is 3.75. The van der Waals surface area contributed by atoms with Crippen molar-refractivity contribution in [2.24, 2.45) is 0 Å². The lowest BCUT2D eigenvalue weighted by Gasteiger charge is -2.21. The number of nitrogens with one attached hydrogen (secondary N) is 1. The molecule has 1 atom stereocenters. The van der Waals surface area contributed by atoms with Gasteiger partial charge < -0.3 is 14.8 Å². The third-order valence-corrected chi connectivity index (χ3v) is 3.75. The van der Waals surface area contributed by atoms with Gasteiger partial charge in [0.1, 0.15) is 11.4 Å². The number of carbonyl (C=O) groups excluding carboxylic acids is 1. The molecule has 2 aromatic rings. The van der Waals surface area contributed by atoms with Crippen molar-refractivity contribution in [3.05, 3.63) is 59.5 Å². The van der Waals surface area contributed by atoms with Crippen molar-refractivity contribution in [2.45, 2.75) is 38.7 Å². The number of aliphatic hydroxyl groups is 1. The molecule has 0 spiro atoms. The Morgan fingerprint density at radius 3 is 2.50 bits per heavy atom. The first-order valence-corrected chi connectivity index (χ1v) is 7.62. The number of aryl methyl sites for hydroxylation is 2. The molecule has 2 rings (SSSR count). The summed E-state index contributed by atoms with van der Waals surface area (Å²) in [4.78, 5) is 11.9. The Kier molecular flexibility index (Phi) is 5.39. The second-order valence-corrected chi connectivity index (χ2v) is 5.70. The van der Waals surface area contributed by atoms with E-state index in [-0.39, 0.29) is 12.5 Å². The van der Waals surface area contributed by atoms with Gasteiger partial charge in [0.25, 0.3) is 0 Å². The zero-order valence-corrected chi connectivity index (χ0v) is 13.1. The molecule has 1 unspecified atom stereocenters. The summed E-state index contributed by atoms with van der Waals surface area (Å²) in [5, 5.41) is 13.0. The number of benzene rings is 1. The molecule has 1 heterocycles. The Balaban J connectivity index is 1.78. The van der Waals surface area contributed by atoms with Gasteiger partial charge in [0.2, 0.25) is 5.91 Å². The minimum absolute atomic E-state index is 0.0774. The van der Waals surface area contributed by atoms with Gasteiger partial charge in [-0.3, -0.25) is 4.79 Å². The smallest absolute Gasteiger partial charge is 0.220 e. The lowest BCUT2D eigenvalue weighted by atomic mass is 10.0. The molecular weight excluding hydrogens is 278 g/mol. The zero-order chi connectivity index (χ0) is 16.0. The molecule has 22 heavy (non-hydrogen) atoms. The van der Waals surface area contributed by atoms with E-state index in [0.717, 1.165) is 12.0 Å². The second-order valence-electron chi connectivity index (χ2n) is 5.70. The average Bonchev–Trinajstić information content (AvgIpc) is 3.07. The Hall–Kier alpha value is -2.07. The lowest BCUT2D eigenvalue weighted by molar-refractivity contribution is -0.122. The van der Waals surface area contributed by atoms with Crippen molar-refractivity contribution < 1.29 is 14.3 Å². The lowest BCUT2D eigenvalue weighted by Crippen LogP contribution is -2.38. The Bertz CT molecular complexity index is 585. The van der Waals surface area contributed by atoms with E-state index < -0.39 is 5.60 Å². The van der Waals surface area contributed by atoms with Gasteiger partial charge in [-0.1, -0.05) is 31.2 Å². The summed E-state index contributed by atoms with van der Waals surface area (Å²) in [5.74, 6) is 0.370. The van der Waals surface area contributed by atoms with Gasteiger partial charge in [-0.05, 0) is 43.0 Å². The fourth-order valence-electron chi connectivity index (χ4n) is 2.23. The molecule has 1 aromatic heterocycles. The van der Waals surface area contributed by atoms with E-state index in [1.165, 1.54) is 11.8 Å². The maximum atomic E-state index is 11.9. The van der Waals surface area contributed by atoms with Crippen LogP contribution in [0.15, 0.2) is 47.1 Å². The van der Waals surface area contributed by atoms with Crippen LogP contribution < -0.4 is 5.32 Å². The van der Waals surface area contributed by atoms with Crippen molar-refractivity contribution in [1.29, 1.82) is 0 Å². The van der Waals surface area contributed by atoms with E-state index in [0.29, 0.717) is 18.6 Å². The average molecular weight is 301 g/mol. The van der Waals surface area contributed by atoms with Crippen molar-refractivity contribution in [1.82, 2.24) is 5.32 Å². The number of carbonyl (C=O) groups is 1. The summed E-state index contributed by atoms with van der Waals surface area (Å²) in [6.45, 7) is 3.87. The molecule has 0 fully saturated rings. The molecule has 0 bridgehead atoms. The molecule has 1 aromatic carbocycles. The molecule has 0 saturated carbocycles. The second kappa shape index (κ2) is 7.27. The van der Waals surface area contributed by atoms with E-state index in [1.54, 1.807) is 19.1 Å². The number of hydrogen-bond acceptors (Lipinski definition) is 3. The molecule has 0 aliphatic carbocycles. The van der Waals surface area contributed by atoms with Crippen LogP contribution in [0.4, 0.5) is 0 Å². The van der Waals surface area contributed by atoms with Crippen molar-refractivity contribution in [3.63, 3.8) is 0 Å². The van der Waals surface area contributed by atoms with E-state index >= 15 is 0 Å². The van der Waals surface area contributed by atoms with Gasteiger partial charge in [-0.15, -0.1) is 0 Å². The summed E-state index contributed by atoms with van der Waals surface area (Å²) in [6, 6.07) is 11.7. The van der Waals surface area contributed by atoms with E-state index in [1.807, 2.05) is 0 Å². The minimum atomic E-state index is -1.19. The summed E-state index contributed by atoms with van der Waals surface area (Å²) in [5.41, 5.74) is 1.25. The molecular formula is C18H23NO3. The maximum absolute atomic E-state index is 11.9. The zero-order valence-electron chi connectivity index (χ0n) is 13.1. The van der Waals surface area contributed by atoms with Gasteiger partial charge >= 0.3 is 0 Å². The van der Waals surface area contributed by atoms with Crippen LogP contribution in [0.1, 0.15) is 37.2 Å². The predicted molar refractivity (Wildman–Crippen MR) is 85.4 cm³/mol. The largest absolute Gasteiger partial charge is 0.466 e.